The fraction of sp³-hybridized carbons (Fsp3) is 0.586. The lowest BCUT2D eigenvalue weighted by atomic mass is 9.85. The number of hydrogen-bond donors (Lipinski definition) is 3. The van der Waals surface area contributed by atoms with Gasteiger partial charge in [0.1, 0.15) is 34.9 Å². The highest BCUT2D eigenvalue weighted by Gasteiger charge is 2.73. The van der Waals surface area contributed by atoms with Crippen LogP contribution in [0.25, 0.3) is 0 Å². The van der Waals surface area contributed by atoms with Crippen LogP contribution in [-0.2, 0) is 23.9 Å². The number of rotatable bonds is 6. The molecule has 5 rings (SSSR count). The first-order valence-corrected chi connectivity index (χ1v) is 13.5. The van der Waals surface area contributed by atoms with Crippen molar-refractivity contribution in [3.8, 4) is 0 Å². The first kappa shape index (κ1) is 27.3. The third kappa shape index (κ3) is 3.90. The van der Waals surface area contributed by atoms with Crippen LogP contribution in [0.15, 0.2) is 46.1 Å². The molecule has 39 heavy (non-hydrogen) atoms. The van der Waals surface area contributed by atoms with Crippen molar-refractivity contribution in [1.29, 1.82) is 0 Å². The topological polar surface area (TPSA) is 132 Å². The second kappa shape index (κ2) is 8.89. The Bertz CT molecular complexity index is 1320. The zero-order chi connectivity index (χ0) is 28.8. The fourth-order valence-electron chi connectivity index (χ4n) is 7.02. The van der Waals surface area contributed by atoms with E-state index in [1.807, 2.05) is 39.5 Å². The summed E-state index contributed by atoms with van der Waals surface area (Å²) in [6.07, 6.45) is 1.88. The molecule has 0 aromatic heterocycles. The summed E-state index contributed by atoms with van der Waals surface area (Å²) >= 11 is 0. The minimum Gasteiger partial charge on any atom is -0.391 e. The van der Waals surface area contributed by atoms with E-state index in [9.17, 15) is 24.3 Å². The molecule has 3 fully saturated rings. The van der Waals surface area contributed by atoms with Gasteiger partial charge in [0.15, 0.2) is 11.6 Å². The molecular weight excluding hydrogens is 500 g/mol. The van der Waals surface area contributed by atoms with Gasteiger partial charge in [-0.15, -0.1) is 0 Å². The number of allylic oxidation sites excluding steroid dienone is 2. The molecule has 3 N–H and O–H groups in total. The minimum atomic E-state index is -1.06. The molecule has 7 atom stereocenters. The molecule has 2 amide bonds. The number of carbonyl (C=O) groups is 4. The van der Waals surface area contributed by atoms with E-state index in [0.29, 0.717) is 17.2 Å². The molecule has 0 unspecified atom stereocenters. The number of carbonyl (C=O) groups excluding carboxylic acids is 4. The van der Waals surface area contributed by atoms with Crippen molar-refractivity contribution >= 4 is 23.4 Å². The number of morpholine rings is 1. The lowest BCUT2D eigenvalue weighted by Crippen LogP contribution is -2.51. The third-order valence-corrected chi connectivity index (χ3v) is 8.79. The zero-order valence-corrected chi connectivity index (χ0v) is 23.8. The highest BCUT2D eigenvalue weighted by molar-refractivity contribution is 6.12. The SMILES string of the molecule is CC(C)=CC(=O)NC1=C(CC2=C(NC(=O)C=C(C)C)N3[C@@H](C)[C@H]4O[C@@H]4[C@@]3(C)C2=O)C(=O)[C@@]2(C)C[C@@H](O)[C@H](C)N12. The third-order valence-electron chi connectivity index (χ3n) is 8.79. The summed E-state index contributed by atoms with van der Waals surface area (Å²) in [5.74, 6) is -0.523. The highest BCUT2D eigenvalue weighted by Crippen LogP contribution is 2.55. The van der Waals surface area contributed by atoms with Gasteiger partial charge < -0.3 is 30.3 Å². The maximum atomic E-state index is 14.1. The first-order chi connectivity index (χ1) is 18.1. The lowest BCUT2D eigenvalue weighted by molar-refractivity contribution is -0.125. The van der Waals surface area contributed by atoms with Crippen LogP contribution in [-0.4, -0.2) is 79.8 Å². The average molecular weight is 539 g/mol. The van der Waals surface area contributed by atoms with Crippen LogP contribution in [0, 0.1) is 0 Å². The van der Waals surface area contributed by atoms with E-state index < -0.39 is 29.1 Å². The van der Waals surface area contributed by atoms with E-state index in [-0.39, 0.29) is 54.1 Å². The number of aliphatic hydroxyl groups excluding tert-OH is 1. The van der Waals surface area contributed by atoms with Gasteiger partial charge in [0.25, 0.3) is 0 Å². The fourth-order valence-corrected chi connectivity index (χ4v) is 7.02. The van der Waals surface area contributed by atoms with Crippen molar-refractivity contribution in [2.24, 2.45) is 0 Å². The zero-order valence-electron chi connectivity index (χ0n) is 23.8. The van der Waals surface area contributed by atoms with Crippen LogP contribution >= 0.6 is 0 Å². The second-order valence-electron chi connectivity index (χ2n) is 12.3. The summed E-state index contributed by atoms with van der Waals surface area (Å²) < 4.78 is 5.83. The average Bonchev–Trinajstić information content (AvgIpc) is 3.45. The predicted octanol–water partition coefficient (Wildman–Crippen LogP) is 1.57. The number of nitrogens with one attached hydrogen (secondary N) is 2. The molecule has 0 radical (unpaired) electrons. The predicted molar refractivity (Wildman–Crippen MR) is 143 cm³/mol. The number of fused-ring (bicyclic) bond motifs is 4. The van der Waals surface area contributed by atoms with Crippen LogP contribution in [0.4, 0.5) is 0 Å². The molecule has 10 nitrogen and oxygen atoms in total. The van der Waals surface area contributed by atoms with Gasteiger partial charge in [0.2, 0.25) is 11.8 Å². The Morgan fingerprint density at radius 1 is 0.923 bits per heavy atom. The summed E-state index contributed by atoms with van der Waals surface area (Å²) in [6.45, 7) is 14.6. The van der Waals surface area contributed by atoms with Crippen LogP contribution in [0.1, 0.15) is 68.2 Å². The molecule has 5 heterocycles. The van der Waals surface area contributed by atoms with E-state index in [1.165, 1.54) is 12.2 Å². The monoisotopic (exact) mass is 538 g/mol. The van der Waals surface area contributed by atoms with Crippen molar-refractivity contribution < 1.29 is 29.0 Å². The molecule has 0 aromatic carbocycles. The smallest absolute Gasteiger partial charge is 0.249 e. The van der Waals surface area contributed by atoms with Crippen molar-refractivity contribution in [2.45, 2.75) is 110 Å². The number of ether oxygens (including phenoxy) is 1. The molecule has 0 bridgehead atoms. The summed E-state index contributed by atoms with van der Waals surface area (Å²) in [6, 6.07) is -0.575. The Labute approximate surface area is 228 Å². The Morgan fingerprint density at radius 2 is 1.44 bits per heavy atom. The number of epoxide rings is 1. The van der Waals surface area contributed by atoms with Gasteiger partial charge in [-0.3, -0.25) is 19.2 Å². The quantitative estimate of drug-likeness (QED) is 0.343. The molecule has 0 aromatic rings. The highest BCUT2D eigenvalue weighted by atomic mass is 16.6. The first-order valence-electron chi connectivity index (χ1n) is 13.5. The van der Waals surface area contributed by atoms with Gasteiger partial charge in [-0.25, -0.2) is 0 Å². The lowest BCUT2D eigenvalue weighted by Gasteiger charge is -2.35. The maximum absolute atomic E-state index is 14.1. The molecule has 3 saturated heterocycles. The van der Waals surface area contributed by atoms with Crippen molar-refractivity contribution in [1.82, 2.24) is 20.4 Å². The van der Waals surface area contributed by atoms with Crippen molar-refractivity contribution in [2.75, 3.05) is 0 Å². The Balaban J connectivity index is 1.62. The minimum absolute atomic E-state index is 0.0718. The van der Waals surface area contributed by atoms with Gasteiger partial charge in [-0.2, -0.15) is 0 Å². The Morgan fingerprint density at radius 3 is 1.97 bits per heavy atom. The molecule has 0 spiro atoms. The van der Waals surface area contributed by atoms with E-state index in [1.54, 1.807) is 25.7 Å². The van der Waals surface area contributed by atoms with Crippen LogP contribution in [0.5, 0.6) is 0 Å². The van der Waals surface area contributed by atoms with Crippen LogP contribution in [0.3, 0.4) is 0 Å². The second-order valence-corrected chi connectivity index (χ2v) is 12.3. The normalized spacial score (nSPS) is 36.2. The van der Waals surface area contributed by atoms with E-state index in [0.717, 1.165) is 11.1 Å². The number of amides is 2. The van der Waals surface area contributed by atoms with E-state index in [2.05, 4.69) is 10.6 Å². The number of hydrogen-bond acceptors (Lipinski definition) is 8. The number of nitrogens with zero attached hydrogens (tertiary/aromatic N) is 2. The van der Waals surface area contributed by atoms with Crippen LogP contribution in [0.2, 0.25) is 0 Å². The van der Waals surface area contributed by atoms with Crippen molar-refractivity contribution in [3.05, 3.63) is 46.1 Å². The Hall–Kier alpha value is -3.24. The molecule has 210 valence electrons. The molecule has 10 heteroatoms. The van der Waals surface area contributed by atoms with E-state index >= 15 is 0 Å². The molecular formula is C29H38N4O6. The molecule has 5 aliphatic rings. The maximum Gasteiger partial charge on any atom is 0.249 e. The largest absolute Gasteiger partial charge is 0.391 e. The number of aliphatic hydroxyl groups is 1. The van der Waals surface area contributed by atoms with Gasteiger partial charge in [0, 0.05) is 36.1 Å². The van der Waals surface area contributed by atoms with Crippen LogP contribution < -0.4 is 10.6 Å². The molecule has 5 aliphatic heterocycles. The summed E-state index contributed by atoms with van der Waals surface area (Å²) in [5, 5.41) is 16.5. The molecule has 0 saturated carbocycles. The van der Waals surface area contributed by atoms with Crippen molar-refractivity contribution in [3.63, 3.8) is 0 Å². The van der Waals surface area contributed by atoms with Gasteiger partial charge in [-0.05, 0) is 55.4 Å². The standard InChI is InChI=1S/C29H38N4O6/c1-13(2)9-20(35)30-26-17(23(37)28(7)12-19(34)15(5)32(26)28)11-18-24(38)29(8)25-22(39-25)16(6)33(29)27(18)31-21(36)10-14(3)4/h9-10,15-16,19,22,25,34H,11-12H2,1-8H3,(H,30,35)(H,31,36)/t15-,16-,19+,22+,25-,28+,29+/m0/s1. The molecule has 0 aliphatic carbocycles. The van der Waals surface area contributed by atoms with Gasteiger partial charge in [0.05, 0.1) is 18.2 Å². The van der Waals surface area contributed by atoms with E-state index in [4.69, 9.17) is 4.74 Å². The summed E-state index contributed by atoms with van der Waals surface area (Å²) in [5.41, 5.74) is 0.133. The summed E-state index contributed by atoms with van der Waals surface area (Å²) in [7, 11) is 0. The number of Topliss-reactive ketones (excluding diaryl/α,β-unsaturated/α-hetero) is 2. The van der Waals surface area contributed by atoms with Gasteiger partial charge >= 0.3 is 0 Å². The Kier molecular flexibility index (Phi) is 6.23. The van der Waals surface area contributed by atoms with Gasteiger partial charge in [-0.1, -0.05) is 11.1 Å². The number of ketones is 2. The summed E-state index contributed by atoms with van der Waals surface area (Å²) in [4.78, 5) is 57.5.